The van der Waals surface area contributed by atoms with Gasteiger partial charge in [0.2, 0.25) is 15.3 Å². The molecule has 1 aliphatic heterocycles. The van der Waals surface area contributed by atoms with Crippen LogP contribution < -0.4 is 0 Å². The van der Waals surface area contributed by atoms with Crippen molar-refractivity contribution in [1.82, 2.24) is 0 Å². The van der Waals surface area contributed by atoms with Crippen molar-refractivity contribution in [2.75, 3.05) is 0 Å². The third-order valence-electron chi connectivity index (χ3n) is 0.732. The third-order valence-corrected chi connectivity index (χ3v) is 1.49. The lowest BCUT2D eigenvalue weighted by Crippen LogP contribution is -1.75. The lowest BCUT2D eigenvalue weighted by molar-refractivity contribution is 0.471. The molecule has 0 amide bonds. The number of hydrogen-bond donors (Lipinski definition) is 0. The molecule has 0 N–H and O–H groups in total. The van der Waals surface area contributed by atoms with E-state index in [1.165, 1.54) is 0 Å². The molecule has 3 nitrogen and oxygen atoms in total. The Morgan fingerprint density at radius 1 is 1.71 bits per heavy atom. The molecule has 1 unspecified atom stereocenters. The molecule has 1 heterocycles. The summed E-state index contributed by atoms with van der Waals surface area (Å²) >= 11 is 0. The number of hydrogen-bond acceptors (Lipinski definition) is 3. The highest BCUT2D eigenvalue weighted by atomic mass is 32.2. The molecule has 0 bridgehead atoms. The van der Waals surface area contributed by atoms with Gasteiger partial charge in [-0.1, -0.05) is 0 Å². The van der Waals surface area contributed by atoms with E-state index in [1.54, 1.807) is 6.92 Å². The van der Waals surface area contributed by atoms with Gasteiger partial charge in [0, 0.05) is 0 Å². The Hall–Kier alpha value is -0.350. The van der Waals surface area contributed by atoms with Crippen LogP contribution in [0.3, 0.4) is 0 Å². The molecule has 0 saturated carbocycles. The Morgan fingerprint density at radius 3 is 2.14 bits per heavy atom. The predicted molar refractivity (Wildman–Crippen MR) is 24.5 cm³/mol. The highest BCUT2D eigenvalue weighted by Gasteiger charge is 2.30. The number of rotatable bonds is 0. The van der Waals surface area contributed by atoms with Crippen molar-refractivity contribution in [3.63, 3.8) is 0 Å². The minimum Gasteiger partial charge on any atom is -0.322 e. The molecule has 1 aliphatic rings. The van der Waals surface area contributed by atoms with Crippen molar-refractivity contribution in [2.45, 2.75) is 13.0 Å². The topological polar surface area (TPSA) is 46.7 Å². The molecule has 0 aromatic rings. The van der Waals surface area contributed by atoms with E-state index in [4.69, 9.17) is 0 Å². The van der Waals surface area contributed by atoms with Gasteiger partial charge in [-0.25, -0.2) is 0 Å². The van der Waals surface area contributed by atoms with E-state index in [1.807, 2.05) is 0 Å². The van der Waals surface area contributed by atoms with Crippen molar-refractivity contribution >= 4 is 15.3 Å². The van der Waals surface area contributed by atoms with Crippen molar-refractivity contribution in [1.29, 1.82) is 0 Å². The zero-order valence-electron chi connectivity index (χ0n) is 3.71. The highest BCUT2D eigenvalue weighted by Crippen LogP contribution is 2.10. The molecule has 0 aliphatic carbocycles. The number of epoxide rings is 1. The minimum absolute atomic E-state index is 0.154. The van der Waals surface area contributed by atoms with Gasteiger partial charge in [-0.15, -0.1) is 0 Å². The van der Waals surface area contributed by atoms with Gasteiger partial charge < -0.3 is 4.74 Å². The molecular weight excluding hydrogens is 116 g/mol. The zero-order valence-corrected chi connectivity index (χ0v) is 4.53. The van der Waals surface area contributed by atoms with E-state index in [9.17, 15) is 8.42 Å². The maximum atomic E-state index is 9.81. The molecule has 0 spiro atoms. The van der Waals surface area contributed by atoms with Crippen LogP contribution in [0.4, 0.5) is 0 Å². The number of ether oxygens (including phenoxy) is 1. The molecule has 1 fully saturated rings. The first-order valence-corrected chi connectivity index (χ1v) is 2.92. The van der Waals surface area contributed by atoms with Gasteiger partial charge >= 0.3 is 0 Å². The quantitative estimate of drug-likeness (QED) is 0.317. The fraction of sp³-hybridized carbons (Fsp3) is 0.667. The zero-order chi connectivity index (χ0) is 5.44. The molecule has 4 heteroatoms. The first kappa shape index (κ1) is 4.80. The van der Waals surface area contributed by atoms with Crippen LogP contribution in [0, 0.1) is 0 Å². The summed E-state index contributed by atoms with van der Waals surface area (Å²) in [7, 11) is -2.09. The van der Waals surface area contributed by atoms with E-state index in [0.717, 1.165) is 0 Å². The van der Waals surface area contributed by atoms with Crippen LogP contribution in [0.5, 0.6) is 0 Å². The van der Waals surface area contributed by atoms with E-state index in [2.05, 4.69) is 4.74 Å². The van der Waals surface area contributed by atoms with Crippen molar-refractivity contribution < 1.29 is 13.2 Å². The first-order chi connectivity index (χ1) is 3.22. The maximum Gasteiger partial charge on any atom is 0.243 e. The van der Waals surface area contributed by atoms with Crippen LogP contribution in [0.1, 0.15) is 6.92 Å². The normalized spacial score (nSPS) is 27.6. The van der Waals surface area contributed by atoms with Crippen LogP contribution in [-0.2, 0) is 15.0 Å². The van der Waals surface area contributed by atoms with E-state index in [-0.39, 0.29) is 11.2 Å². The Bertz CT molecular complexity index is 192. The van der Waals surface area contributed by atoms with Gasteiger partial charge in [0.15, 0.2) is 0 Å². The van der Waals surface area contributed by atoms with Crippen LogP contribution in [0.25, 0.3) is 0 Å². The Kier molecular flexibility index (Phi) is 0.900. The molecule has 0 aromatic heterocycles. The average molecular weight is 120 g/mol. The van der Waals surface area contributed by atoms with Gasteiger partial charge in [-0.2, -0.15) is 8.42 Å². The van der Waals surface area contributed by atoms with Crippen molar-refractivity contribution in [3.8, 4) is 0 Å². The second kappa shape index (κ2) is 1.31. The minimum atomic E-state index is -2.09. The van der Waals surface area contributed by atoms with E-state index < -0.39 is 10.3 Å². The Labute approximate surface area is 42.4 Å². The summed E-state index contributed by atoms with van der Waals surface area (Å²) in [5.74, 6) is 0. The second-order valence-corrected chi connectivity index (χ2v) is 2.19. The van der Waals surface area contributed by atoms with Gasteiger partial charge in [-0.05, 0) is 6.92 Å². The lowest BCUT2D eigenvalue weighted by atomic mass is 10.6. The smallest absolute Gasteiger partial charge is 0.243 e. The second-order valence-electron chi connectivity index (χ2n) is 1.31. The van der Waals surface area contributed by atoms with Crippen molar-refractivity contribution in [2.24, 2.45) is 0 Å². The molecule has 7 heavy (non-hydrogen) atoms. The van der Waals surface area contributed by atoms with Crippen LogP contribution in [0.2, 0.25) is 0 Å². The monoisotopic (exact) mass is 120 g/mol. The van der Waals surface area contributed by atoms with E-state index in [0.29, 0.717) is 0 Å². The summed E-state index contributed by atoms with van der Waals surface area (Å²) < 4.78 is 24.1. The van der Waals surface area contributed by atoms with Gasteiger partial charge in [0.05, 0.1) is 0 Å². The molecule has 1 saturated heterocycles. The Morgan fingerprint density at radius 2 is 2.14 bits per heavy atom. The molecular formula is C3H4O3S. The molecule has 1 rings (SSSR count). The summed E-state index contributed by atoms with van der Waals surface area (Å²) in [4.78, 5) is 0. The first-order valence-electron chi connectivity index (χ1n) is 1.84. The fourth-order valence-corrected chi connectivity index (χ4v) is 0.809. The summed E-state index contributed by atoms with van der Waals surface area (Å²) in [6.45, 7) is 1.69. The third kappa shape index (κ3) is 0.808. The fourth-order valence-electron chi connectivity index (χ4n) is 0.315. The maximum absolute atomic E-state index is 9.81. The summed E-state index contributed by atoms with van der Waals surface area (Å²) in [5, 5.41) is 0.181. The van der Waals surface area contributed by atoms with Crippen LogP contribution in [0.15, 0.2) is 0 Å². The summed E-state index contributed by atoms with van der Waals surface area (Å²) in [6.07, 6.45) is -0.154. The Balaban J connectivity index is 3.01. The molecule has 0 aromatic carbocycles. The van der Waals surface area contributed by atoms with Gasteiger partial charge in [-0.3, -0.25) is 0 Å². The van der Waals surface area contributed by atoms with Crippen molar-refractivity contribution in [3.05, 3.63) is 0 Å². The van der Waals surface area contributed by atoms with Gasteiger partial charge in [0.25, 0.3) is 0 Å². The highest BCUT2D eigenvalue weighted by molar-refractivity contribution is 7.73. The standard InChI is InChI=1S/C3H4O3S/c1-2-3(6-2)7(4)5/h2H,1H3. The molecule has 0 radical (unpaired) electrons. The van der Waals surface area contributed by atoms with Crippen LogP contribution in [-0.4, -0.2) is 19.6 Å². The summed E-state index contributed by atoms with van der Waals surface area (Å²) in [5.41, 5.74) is 0. The predicted octanol–water partition coefficient (Wildman–Crippen LogP) is -0.586. The average Bonchev–Trinajstić information content (AvgIpc) is 2.17. The van der Waals surface area contributed by atoms with E-state index >= 15 is 0 Å². The summed E-state index contributed by atoms with van der Waals surface area (Å²) in [6, 6.07) is 0. The van der Waals surface area contributed by atoms with Crippen LogP contribution >= 0.6 is 0 Å². The van der Waals surface area contributed by atoms with Gasteiger partial charge in [0.1, 0.15) is 6.10 Å². The molecule has 40 valence electrons. The largest absolute Gasteiger partial charge is 0.322 e. The lowest BCUT2D eigenvalue weighted by Gasteiger charge is -1.49. The molecule has 1 atom stereocenters. The SMILES string of the molecule is CC1OC1=S(=O)=O.